The van der Waals surface area contributed by atoms with E-state index in [0.717, 1.165) is 25.3 Å². The van der Waals surface area contributed by atoms with Gasteiger partial charge in [0, 0.05) is 19.3 Å². The highest BCUT2D eigenvalue weighted by Gasteiger charge is 2.07. The van der Waals surface area contributed by atoms with Gasteiger partial charge >= 0.3 is 5.97 Å². The molecule has 19 heavy (non-hydrogen) atoms. The molecule has 1 N–H and O–H groups in total. The number of rotatable bonds is 12. The predicted octanol–water partition coefficient (Wildman–Crippen LogP) is 1.69. The van der Waals surface area contributed by atoms with E-state index in [1.807, 2.05) is 13.8 Å². The van der Waals surface area contributed by atoms with Gasteiger partial charge < -0.3 is 19.3 Å². The average molecular weight is 274 g/mol. The minimum absolute atomic E-state index is 0.146. The molecule has 0 aliphatic rings. The molecule has 0 bridgehead atoms. The number of carbonyl (C=O) groups excluding carboxylic acids is 1. The molecule has 0 fully saturated rings. The van der Waals surface area contributed by atoms with Crippen LogP contribution in [0.5, 0.6) is 0 Å². The van der Waals surface area contributed by atoms with E-state index in [1.54, 1.807) is 0 Å². The summed E-state index contributed by atoms with van der Waals surface area (Å²) in [5.74, 6) is -0.406. The SMILES string of the molecule is C=CC(=O)OC(C)CCCOCC(O)COCCC. The maximum absolute atomic E-state index is 10.9. The summed E-state index contributed by atoms with van der Waals surface area (Å²) in [6, 6.07) is 0. The monoisotopic (exact) mass is 274 g/mol. The molecule has 0 saturated carbocycles. The second kappa shape index (κ2) is 12.1. The maximum atomic E-state index is 10.9. The Kier molecular flexibility index (Phi) is 11.6. The third kappa shape index (κ3) is 11.9. The van der Waals surface area contributed by atoms with E-state index in [1.165, 1.54) is 0 Å². The van der Waals surface area contributed by atoms with Crippen LogP contribution in [0.2, 0.25) is 0 Å². The van der Waals surface area contributed by atoms with Gasteiger partial charge in [0.15, 0.2) is 0 Å². The Morgan fingerprint density at radius 1 is 1.32 bits per heavy atom. The first-order valence-corrected chi connectivity index (χ1v) is 6.76. The van der Waals surface area contributed by atoms with Crippen LogP contribution in [0.3, 0.4) is 0 Å². The Morgan fingerprint density at radius 2 is 1.95 bits per heavy atom. The lowest BCUT2D eigenvalue weighted by molar-refractivity contribution is -0.142. The van der Waals surface area contributed by atoms with Gasteiger partial charge in [0.05, 0.1) is 19.3 Å². The molecule has 0 heterocycles. The summed E-state index contributed by atoms with van der Waals surface area (Å²) in [7, 11) is 0. The second-order valence-corrected chi connectivity index (χ2v) is 4.40. The molecular formula is C14H26O5. The smallest absolute Gasteiger partial charge is 0.330 e. The molecule has 0 rings (SSSR count). The zero-order valence-corrected chi connectivity index (χ0v) is 12.0. The van der Waals surface area contributed by atoms with Crippen molar-refractivity contribution in [1.82, 2.24) is 0 Å². The summed E-state index contributed by atoms with van der Waals surface area (Å²) >= 11 is 0. The molecule has 5 nitrogen and oxygen atoms in total. The third-order valence-electron chi connectivity index (χ3n) is 2.35. The highest BCUT2D eigenvalue weighted by molar-refractivity contribution is 5.81. The van der Waals surface area contributed by atoms with Crippen LogP contribution in [0.15, 0.2) is 12.7 Å². The first-order valence-electron chi connectivity index (χ1n) is 6.76. The molecule has 5 heteroatoms. The van der Waals surface area contributed by atoms with Gasteiger partial charge in [-0.1, -0.05) is 13.5 Å². The number of aliphatic hydroxyl groups is 1. The molecule has 2 unspecified atom stereocenters. The van der Waals surface area contributed by atoms with E-state index in [4.69, 9.17) is 14.2 Å². The van der Waals surface area contributed by atoms with Gasteiger partial charge in [0.2, 0.25) is 0 Å². The van der Waals surface area contributed by atoms with Crippen molar-refractivity contribution in [3.05, 3.63) is 12.7 Å². The minimum Gasteiger partial charge on any atom is -0.460 e. The van der Waals surface area contributed by atoms with Crippen LogP contribution in [0, 0.1) is 0 Å². The summed E-state index contributed by atoms with van der Waals surface area (Å²) in [6.07, 6.45) is 2.86. The molecule has 0 spiro atoms. The van der Waals surface area contributed by atoms with Crippen molar-refractivity contribution >= 4 is 5.97 Å². The molecular weight excluding hydrogens is 248 g/mol. The minimum atomic E-state index is -0.581. The fourth-order valence-electron chi connectivity index (χ4n) is 1.41. The van der Waals surface area contributed by atoms with Crippen molar-refractivity contribution in [2.75, 3.05) is 26.4 Å². The summed E-state index contributed by atoms with van der Waals surface area (Å²) in [6.45, 7) is 8.94. The quantitative estimate of drug-likeness (QED) is 0.333. The second-order valence-electron chi connectivity index (χ2n) is 4.40. The fraction of sp³-hybridized carbons (Fsp3) is 0.786. The van der Waals surface area contributed by atoms with Gasteiger partial charge in [-0.25, -0.2) is 4.79 Å². The van der Waals surface area contributed by atoms with Crippen LogP contribution in [0.1, 0.15) is 33.1 Å². The van der Waals surface area contributed by atoms with E-state index in [0.29, 0.717) is 19.8 Å². The van der Waals surface area contributed by atoms with Gasteiger partial charge in [-0.2, -0.15) is 0 Å². The zero-order chi connectivity index (χ0) is 14.5. The summed E-state index contributed by atoms with van der Waals surface area (Å²) < 4.78 is 15.5. The van der Waals surface area contributed by atoms with Crippen molar-refractivity contribution in [3.63, 3.8) is 0 Å². The number of esters is 1. The first kappa shape index (κ1) is 18.1. The van der Waals surface area contributed by atoms with Gasteiger partial charge in [-0.15, -0.1) is 0 Å². The Morgan fingerprint density at radius 3 is 2.53 bits per heavy atom. The van der Waals surface area contributed by atoms with Gasteiger partial charge in [0.1, 0.15) is 6.10 Å². The predicted molar refractivity (Wildman–Crippen MR) is 72.9 cm³/mol. The Bertz CT molecular complexity index is 242. The van der Waals surface area contributed by atoms with Crippen molar-refractivity contribution in [2.45, 2.75) is 45.3 Å². The number of hydrogen-bond acceptors (Lipinski definition) is 5. The average Bonchev–Trinajstić information content (AvgIpc) is 2.38. The maximum Gasteiger partial charge on any atom is 0.330 e. The zero-order valence-electron chi connectivity index (χ0n) is 12.0. The number of hydrogen-bond donors (Lipinski definition) is 1. The standard InChI is InChI=1S/C14H26O5/c1-4-8-17-10-13(15)11-18-9-6-7-12(3)19-14(16)5-2/h5,12-13,15H,2,4,6-11H2,1,3H3. The summed E-state index contributed by atoms with van der Waals surface area (Å²) in [4.78, 5) is 10.9. The van der Waals surface area contributed by atoms with Gasteiger partial charge in [-0.05, 0) is 26.2 Å². The first-order chi connectivity index (χ1) is 9.10. The van der Waals surface area contributed by atoms with E-state index in [-0.39, 0.29) is 12.7 Å². The van der Waals surface area contributed by atoms with Crippen LogP contribution >= 0.6 is 0 Å². The third-order valence-corrected chi connectivity index (χ3v) is 2.35. The van der Waals surface area contributed by atoms with Crippen molar-refractivity contribution in [1.29, 1.82) is 0 Å². The highest BCUT2D eigenvalue weighted by Crippen LogP contribution is 2.03. The molecule has 0 aromatic carbocycles. The van der Waals surface area contributed by atoms with E-state index in [9.17, 15) is 9.90 Å². The van der Waals surface area contributed by atoms with Gasteiger partial charge in [-0.3, -0.25) is 0 Å². The van der Waals surface area contributed by atoms with Crippen LogP contribution in [0.4, 0.5) is 0 Å². The van der Waals surface area contributed by atoms with Gasteiger partial charge in [0.25, 0.3) is 0 Å². The lowest BCUT2D eigenvalue weighted by Gasteiger charge is -2.13. The number of carbonyl (C=O) groups is 1. The van der Waals surface area contributed by atoms with Crippen LogP contribution in [0.25, 0.3) is 0 Å². The molecule has 112 valence electrons. The van der Waals surface area contributed by atoms with E-state index >= 15 is 0 Å². The fourth-order valence-corrected chi connectivity index (χ4v) is 1.41. The summed E-state index contributed by atoms with van der Waals surface area (Å²) in [5, 5.41) is 9.50. The Labute approximate surface area is 115 Å². The molecule has 0 aliphatic heterocycles. The summed E-state index contributed by atoms with van der Waals surface area (Å²) in [5.41, 5.74) is 0. The Balaban J connectivity index is 3.38. The van der Waals surface area contributed by atoms with Crippen LogP contribution < -0.4 is 0 Å². The largest absolute Gasteiger partial charge is 0.460 e. The Hall–Kier alpha value is -0.910. The molecule has 0 amide bonds. The normalized spacial score (nSPS) is 13.8. The van der Waals surface area contributed by atoms with E-state index < -0.39 is 12.1 Å². The van der Waals surface area contributed by atoms with E-state index in [2.05, 4.69) is 6.58 Å². The van der Waals surface area contributed by atoms with Crippen LogP contribution in [-0.2, 0) is 19.0 Å². The molecule has 0 saturated heterocycles. The van der Waals surface area contributed by atoms with Crippen LogP contribution in [-0.4, -0.2) is 49.7 Å². The highest BCUT2D eigenvalue weighted by atomic mass is 16.5. The van der Waals surface area contributed by atoms with Crippen molar-refractivity contribution in [2.24, 2.45) is 0 Å². The topological polar surface area (TPSA) is 65.0 Å². The molecule has 0 radical (unpaired) electrons. The van der Waals surface area contributed by atoms with Crippen molar-refractivity contribution in [3.8, 4) is 0 Å². The van der Waals surface area contributed by atoms with Crippen molar-refractivity contribution < 1.29 is 24.1 Å². The molecule has 0 aliphatic carbocycles. The number of aliphatic hydroxyl groups excluding tert-OH is 1. The molecule has 0 aromatic rings. The lowest BCUT2D eigenvalue weighted by Crippen LogP contribution is -2.22. The lowest BCUT2D eigenvalue weighted by atomic mass is 10.2. The number of ether oxygens (including phenoxy) is 3. The molecule has 0 aromatic heterocycles. The molecule has 2 atom stereocenters.